The molecule has 26 heavy (non-hydrogen) atoms. The van der Waals surface area contributed by atoms with Gasteiger partial charge in [0.05, 0.1) is 0 Å². The van der Waals surface area contributed by atoms with Crippen LogP contribution in [0, 0.1) is 6.92 Å². The Morgan fingerprint density at radius 2 is 1.88 bits per heavy atom. The molecule has 0 radical (unpaired) electrons. The molecule has 1 aromatic heterocycles. The molecule has 0 bridgehead atoms. The van der Waals surface area contributed by atoms with Crippen molar-refractivity contribution in [2.24, 2.45) is 0 Å². The van der Waals surface area contributed by atoms with Crippen LogP contribution in [0.15, 0.2) is 47.4 Å². The van der Waals surface area contributed by atoms with E-state index >= 15 is 0 Å². The molecule has 2 heterocycles. The van der Waals surface area contributed by atoms with Gasteiger partial charge in [0.15, 0.2) is 0 Å². The third-order valence-corrected chi connectivity index (χ3v) is 4.67. The summed E-state index contributed by atoms with van der Waals surface area (Å²) < 4.78 is 1.59. The highest BCUT2D eigenvalue weighted by Gasteiger charge is 2.24. The molecular formula is C20H23N3O3. The predicted octanol–water partition coefficient (Wildman–Crippen LogP) is 1.36. The topological polar surface area (TPSA) is 71.4 Å². The maximum atomic E-state index is 12.9. The largest absolute Gasteiger partial charge is 0.354 e. The minimum absolute atomic E-state index is 0.0645. The van der Waals surface area contributed by atoms with Gasteiger partial charge in [-0.25, -0.2) is 0 Å². The van der Waals surface area contributed by atoms with Gasteiger partial charge in [-0.15, -0.1) is 0 Å². The Hall–Kier alpha value is -2.89. The molecule has 0 aliphatic carbocycles. The number of hydrogen-bond donors (Lipinski definition) is 1. The highest BCUT2D eigenvalue weighted by Crippen LogP contribution is 2.09. The fourth-order valence-electron chi connectivity index (χ4n) is 3.12. The molecule has 3 rings (SSSR count). The van der Waals surface area contributed by atoms with E-state index in [1.165, 1.54) is 0 Å². The van der Waals surface area contributed by atoms with Gasteiger partial charge in [-0.2, -0.15) is 0 Å². The lowest BCUT2D eigenvalue weighted by Gasteiger charge is -2.20. The Morgan fingerprint density at radius 1 is 1.12 bits per heavy atom. The third kappa shape index (κ3) is 4.02. The van der Waals surface area contributed by atoms with Crippen LogP contribution in [0.1, 0.15) is 27.9 Å². The molecule has 6 nitrogen and oxygen atoms in total. The molecule has 0 saturated carbocycles. The van der Waals surface area contributed by atoms with E-state index in [1.54, 1.807) is 28.7 Å². The number of carbonyl (C=O) groups is 2. The van der Waals surface area contributed by atoms with Crippen molar-refractivity contribution in [3.8, 4) is 0 Å². The zero-order valence-corrected chi connectivity index (χ0v) is 14.9. The van der Waals surface area contributed by atoms with Gasteiger partial charge in [-0.05, 0) is 30.5 Å². The monoisotopic (exact) mass is 353 g/mol. The standard InChI is InChI=1S/C20H23N3O3/c1-15-7-11-22(12-8-16-5-3-2-4-6-16)19(25)18(15)20(26)23-13-9-17(24)21-10-14-23/h2-7,11H,8-10,12-14H2,1H3,(H,21,24). The van der Waals surface area contributed by atoms with Crippen LogP contribution in [0.25, 0.3) is 0 Å². The van der Waals surface area contributed by atoms with Crippen molar-refractivity contribution in [3.63, 3.8) is 0 Å². The molecule has 1 aliphatic heterocycles. The molecule has 1 N–H and O–H groups in total. The normalized spacial score (nSPS) is 14.7. The Balaban J connectivity index is 1.81. The highest BCUT2D eigenvalue weighted by atomic mass is 16.2. The summed E-state index contributed by atoms with van der Waals surface area (Å²) in [7, 11) is 0. The van der Waals surface area contributed by atoms with Crippen LogP contribution < -0.4 is 10.9 Å². The Kier molecular flexibility index (Phi) is 5.51. The molecule has 0 spiro atoms. The van der Waals surface area contributed by atoms with Crippen LogP contribution in [0.4, 0.5) is 0 Å². The van der Waals surface area contributed by atoms with Crippen LogP contribution >= 0.6 is 0 Å². The number of rotatable bonds is 4. The molecule has 2 amide bonds. The Labute approximate surface area is 152 Å². The number of amides is 2. The minimum Gasteiger partial charge on any atom is -0.354 e. The van der Waals surface area contributed by atoms with Crippen molar-refractivity contribution in [1.82, 2.24) is 14.8 Å². The summed E-state index contributed by atoms with van der Waals surface area (Å²) in [4.78, 5) is 38.8. The van der Waals surface area contributed by atoms with Gasteiger partial charge in [0.25, 0.3) is 11.5 Å². The molecule has 1 fully saturated rings. The van der Waals surface area contributed by atoms with Gasteiger partial charge in [-0.3, -0.25) is 14.4 Å². The second-order valence-corrected chi connectivity index (χ2v) is 6.50. The smallest absolute Gasteiger partial charge is 0.263 e. The SMILES string of the molecule is Cc1ccn(CCc2ccccc2)c(=O)c1C(=O)N1CCNC(=O)CC1. The van der Waals surface area contributed by atoms with Gasteiger partial charge in [0.1, 0.15) is 5.56 Å². The molecule has 136 valence electrons. The minimum atomic E-state index is -0.293. The summed E-state index contributed by atoms with van der Waals surface area (Å²) in [5.74, 6) is -0.358. The molecule has 1 saturated heterocycles. The van der Waals surface area contributed by atoms with Gasteiger partial charge >= 0.3 is 0 Å². The maximum absolute atomic E-state index is 12.9. The summed E-state index contributed by atoms with van der Waals surface area (Å²) in [6, 6.07) is 11.7. The summed E-state index contributed by atoms with van der Waals surface area (Å²) in [6.07, 6.45) is 2.73. The van der Waals surface area contributed by atoms with E-state index in [0.29, 0.717) is 31.7 Å². The quantitative estimate of drug-likeness (QED) is 0.902. The average Bonchev–Trinajstić information content (AvgIpc) is 2.86. The van der Waals surface area contributed by atoms with Gasteiger partial charge in [-0.1, -0.05) is 30.3 Å². The van der Waals surface area contributed by atoms with Crippen LogP contribution in [0.2, 0.25) is 0 Å². The number of benzene rings is 1. The second kappa shape index (κ2) is 7.99. The van der Waals surface area contributed by atoms with Crippen LogP contribution in [-0.2, 0) is 17.8 Å². The van der Waals surface area contributed by atoms with Crippen molar-refractivity contribution >= 4 is 11.8 Å². The molecule has 1 aliphatic rings. The van der Waals surface area contributed by atoms with E-state index in [1.807, 2.05) is 30.3 Å². The van der Waals surface area contributed by atoms with E-state index in [9.17, 15) is 14.4 Å². The number of nitrogens with one attached hydrogen (secondary N) is 1. The number of aromatic nitrogens is 1. The van der Waals surface area contributed by atoms with E-state index in [0.717, 1.165) is 12.0 Å². The van der Waals surface area contributed by atoms with E-state index < -0.39 is 0 Å². The summed E-state index contributed by atoms with van der Waals surface area (Å²) in [5, 5.41) is 2.74. The highest BCUT2D eigenvalue weighted by molar-refractivity contribution is 5.95. The molecule has 1 aromatic carbocycles. The van der Waals surface area contributed by atoms with E-state index in [4.69, 9.17) is 0 Å². The summed E-state index contributed by atoms with van der Waals surface area (Å²) >= 11 is 0. The maximum Gasteiger partial charge on any atom is 0.263 e. The summed E-state index contributed by atoms with van der Waals surface area (Å²) in [6.45, 7) is 3.46. The van der Waals surface area contributed by atoms with Crippen molar-refractivity contribution in [1.29, 1.82) is 0 Å². The first-order valence-electron chi connectivity index (χ1n) is 8.86. The summed E-state index contributed by atoms with van der Waals surface area (Å²) in [5.41, 5.74) is 1.74. The van der Waals surface area contributed by atoms with Crippen molar-refractivity contribution in [2.75, 3.05) is 19.6 Å². The number of aryl methyl sites for hydroxylation is 3. The number of hydrogen-bond acceptors (Lipinski definition) is 3. The lowest BCUT2D eigenvalue weighted by molar-refractivity contribution is -0.120. The first-order chi connectivity index (χ1) is 12.6. The van der Waals surface area contributed by atoms with E-state index in [2.05, 4.69) is 5.32 Å². The molecule has 2 aromatic rings. The van der Waals surface area contributed by atoms with E-state index in [-0.39, 0.29) is 29.4 Å². The number of pyridine rings is 1. The Bertz CT molecular complexity index is 858. The fraction of sp³-hybridized carbons (Fsp3) is 0.350. The van der Waals surface area contributed by atoms with Crippen LogP contribution in [-0.4, -0.2) is 40.9 Å². The lowest BCUT2D eigenvalue weighted by Crippen LogP contribution is -2.39. The van der Waals surface area contributed by atoms with Crippen molar-refractivity contribution < 1.29 is 9.59 Å². The molecule has 0 atom stereocenters. The predicted molar refractivity (Wildman–Crippen MR) is 99.1 cm³/mol. The number of nitrogens with zero attached hydrogens (tertiary/aromatic N) is 2. The fourth-order valence-corrected chi connectivity index (χ4v) is 3.12. The second-order valence-electron chi connectivity index (χ2n) is 6.50. The van der Waals surface area contributed by atoms with Crippen LogP contribution in [0.3, 0.4) is 0 Å². The van der Waals surface area contributed by atoms with Gasteiger partial charge < -0.3 is 14.8 Å². The zero-order chi connectivity index (χ0) is 18.5. The van der Waals surface area contributed by atoms with Gasteiger partial charge in [0, 0.05) is 38.8 Å². The molecular weight excluding hydrogens is 330 g/mol. The first-order valence-corrected chi connectivity index (χ1v) is 8.86. The number of carbonyl (C=O) groups excluding carboxylic acids is 2. The van der Waals surface area contributed by atoms with Gasteiger partial charge in [0.2, 0.25) is 5.91 Å². The average molecular weight is 353 g/mol. The molecule has 0 unspecified atom stereocenters. The Morgan fingerprint density at radius 3 is 2.65 bits per heavy atom. The van der Waals surface area contributed by atoms with Crippen LogP contribution in [0.5, 0.6) is 0 Å². The third-order valence-electron chi connectivity index (χ3n) is 4.67. The van der Waals surface area contributed by atoms with Crippen molar-refractivity contribution in [3.05, 3.63) is 69.6 Å². The first kappa shape index (κ1) is 17.9. The zero-order valence-electron chi connectivity index (χ0n) is 14.9. The van der Waals surface area contributed by atoms with Crippen molar-refractivity contribution in [2.45, 2.75) is 26.3 Å². The lowest BCUT2D eigenvalue weighted by atomic mass is 10.1. The molecule has 6 heteroatoms.